The van der Waals surface area contributed by atoms with Crippen LogP contribution in [-0.2, 0) is 0 Å². The third-order valence-corrected chi connectivity index (χ3v) is 4.97. The second kappa shape index (κ2) is 7.68. The number of hydrogen-bond donors (Lipinski definition) is 2. The normalized spacial score (nSPS) is 18.8. The van der Waals surface area contributed by atoms with Crippen LogP contribution in [0.3, 0.4) is 0 Å². The second-order valence-electron chi connectivity index (χ2n) is 6.13. The van der Waals surface area contributed by atoms with E-state index in [1.807, 2.05) is 18.2 Å². The van der Waals surface area contributed by atoms with Crippen LogP contribution in [0.4, 0.5) is 0 Å². The maximum Gasteiger partial charge on any atom is 0.189 e. The molecule has 2 aromatic rings. The topological polar surface area (TPSA) is 62.9 Å². The predicted octanol–water partition coefficient (Wildman–Crippen LogP) is 2.78. The number of benzene rings is 1. The molecule has 5 nitrogen and oxygen atoms in total. The fourth-order valence-electron chi connectivity index (χ4n) is 2.93. The van der Waals surface area contributed by atoms with Crippen molar-refractivity contribution in [3.63, 3.8) is 0 Å². The fraction of sp³-hybridized carbons (Fsp3) is 0.389. The maximum absolute atomic E-state index is 6.15. The van der Waals surface area contributed by atoms with Gasteiger partial charge in [0.15, 0.2) is 5.96 Å². The zero-order chi connectivity index (χ0) is 16.9. The summed E-state index contributed by atoms with van der Waals surface area (Å²) in [7, 11) is 4.13. The third-order valence-electron chi connectivity index (χ3n) is 4.27. The molecule has 6 heteroatoms. The first kappa shape index (κ1) is 16.8. The molecule has 2 heterocycles. The van der Waals surface area contributed by atoms with E-state index < -0.39 is 0 Å². The minimum atomic E-state index is 0.151. The van der Waals surface area contributed by atoms with E-state index in [0.717, 1.165) is 17.7 Å². The number of fused-ring (bicyclic) bond motifs is 1. The van der Waals surface area contributed by atoms with Gasteiger partial charge < -0.3 is 20.7 Å². The zero-order valence-electron chi connectivity index (χ0n) is 14.1. The standard InChI is InChI=1S/C18H24N4OS/c1-22(2)16(13-8-10-24-12-13)11-20-18(19)21-15-7-9-23-17-6-4-3-5-14(15)17/h3-6,8,10,12,15-16H,7,9,11H2,1-2H3,(H3,19,20,21). The van der Waals surface area contributed by atoms with Crippen molar-refractivity contribution in [3.8, 4) is 5.75 Å². The number of nitrogens with two attached hydrogens (primary N) is 1. The molecular weight excluding hydrogens is 320 g/mol. The Morgan fingerprint density at radius 1 is 1.42 bits per heavy atom. The van der Waals surface area contributed by atoms with E-state index in [2.05, 4.69) is 52.2 Å². The zero-order valence-corrected chi connectivity index (χ0v) is 14.9. The highest BCUT2D eigenvalue weighted by Crippen LogP contribution is 2.31. The second-order valence-corrected chi connectivity index (χ2v) is 6.91. The molecule has 24 heavy (non-hydrogen) atoms. The van der Waals surface area contributed by atoms with Crippen LogP contribution in [0.25, 0.3) is 0 Å². The molecule has 0 spiro atoms. The van der Waals surface area contributed by atoms with Crippen molar-refractivity contribution < 1.29 is 4.74 Å². The van der Waals surface area contributed by atoms with Crippen LogP contribution < -0.4 is 15.8 Å². The van der Waals surface area contributed by atoms with Crippen LogP contribution in [0.1, 0.15) is 29.6 Å². The van der Waals surface area contributed by atoms with E-state index in [0.29, 0.717) is 19.1 Å². The van der Waals surface area contributed by atoms with Crippen molar-refractivity contribution in [2.45, 2.75) is 18.5 Å². The summed E-state index contributed by atoms with van der Waals surface area (Å²) in [4.78, 5) is 6.74. The number of guanidine groups is 1. The minimum Gasteiger partial charge on any atom is -0.493 e. The Morgan fingerprint density at radius 2 is 2.25 bits per heavy atom. The molecule has 2 atom stereocenters. The van der Waals surface area contributed by atoms with Crippen LogP contribution in [0, 0.1) is 0 Å². The molecule has 128 valence electrons. The Labute approximate surface area is 147 Å². The number of hydrogen-bond acceptors (Lipinski definition) is 4. The lowest BCUT2D eigenvalue weighted by Crippen LogP contribution is -2.38. The molecule has 0 radical (unpaired) electrons. The SMILES string of the molecule is CN(C)C(CN=C(N)NC1CCOc2ccccc21)c1ccsc1. The summed E-state index contributed by atoms with van der Waals surface area (Å²) in [6, 6.07) is 10.6. The highest BCUT2D eigenvalue weighted by atomic mass is 32.1. The number of rotatable bonds is 5. The van der Waals surface area contributed by atoms with Crippen LogP contribution in [0.5, 0.6) is 5.75 Å². The van der Waals surface area contributed by atoms with Gasteiger partial charge in [-0.1, -0.05) is 18.2 Å². The first-order valence-electron chi connectivity index (χ1n) is 8.12. The molecule has 0 aliphatic carbocycles. The van der Waals surface area contributed by atoms with Crippen LogP contribution in [0.15, 0.2) is 46.1 Å². The number of para-hydroxylation sites is 1. The van der Waals surface area contributed by atoms with Gasteiger partial charge in [-0.2, -0.15) is 11.3 Å². The van der Waals surface area contributed by atoms with Gasteiger partial charge in [0.1, 0.15) is 5.75 Å². The van der Waals surface area contributed by atoms with E-state index in [9.17, 15) is 0 Å². The van der Waals surface area contributed by atoms with Crippen molar-refractivity contribution in [1.29, 1.82) is 0 Å². The lowest BCUT2D eigenvalue weighted by Gasteiger charge is -2.27. The Hall–Kier alpha value is -2.05. The summed E-state index contributed by atoms with van der Waals surface area (Å²) in [5.74, 6) is 1.41. The number of nitrogens with one attached hydrogen (secondary N) is 1. The van der Waals surface area contributed by atoms with Crippen LogP contribution in [-0.4, -0.2) is 38.1 Å². The van der Waals surface area contributed by atoms with Gasteiger partial charge in [0, 0.05) is 12.0 Å². The molecular formula is C18H24N4OS. The summed E-state index contributed by atoms with van der Waals surface area (Å²) < 4.78 is 5.69. The molecule has 1 aromatic heterocycles. The van der Waals surface area contributed by atoms with Gasteiger partial charge in [-0.3, -0.25) is 4.99 Å². The van der Waals surface area contributed by atoms with Crippen LogP contribution in [0.2, 0.25) is 0 Å². The monoisotopic (exact) mass is 344 g/mol. The fourth-order valence-corrected chi connectivity index (χ4v) is 3.64. The first-order chi connectivity index (χ1) is 11.6. The van der Waals surface area contributed by atoms with Crippen LogP contribution >= 0.6 is 11.3 Å². The molecule has 0 saturated carbocycles. The Kier molecular flexibility index (Phi) is 5.37. The van der Waals surface area contributed by atoms with Gasteiger partial charge >= 0.3 is 0 Å². The van der Waals surface area contributed by atoms with Crippen molar-refractivity contribution >= 4 is 17.3 Å². The number of nitrogens with zero attached hydrogens (tertiary/aromatic N) is 2. The Bertz CT molecular complexity index is 684. The smallest absolute Gasteiger partial charge is 0.189 e. The molecule has 0 bridgehead atoms. The van der Waals surface area contributed by atoms with Crippen molar-refractivity contribution in [2.24, 2.45) is 10.7 Å². The molecule has 3 N–H and O–H groups in total. The largest absolute Gasteiger partial charge is 0.493 e. The third kappa shape index (κ3) is 3.88. The summed E-state index contributed by atoms with van der Waals surface area (Å²) >= 11 is 1.70. The summed E-state index contributed by atoms with van der Waals surface area (Å²) in [5, 5.41) is 7.61. The number of aliphatic imine (C=N–C) groups is 1. The number of likely N-dealkylation sites (N-methyl/N-ethyl adjacent to an activating group) is 1. The van der Waals surface area contributed by atoms with E-state index in [-0.39, 0.29) is 12.1 Å². The molecule has 0 saturated heterocycles. The molecule has 3 rings (SSSR count). The molecule has 2 unspecified atom stereocenters. The molecule has 1 aromatic carbocycles. The van der Waals surface area contributed by atoms with Gasteiger partial charge in [-0.15, -0.1) is 0 Å². The Balaban J connectivity index is 1.66. The summed E-state index contributed by atoms with van der Waals surface area (Å²) in [5.41, 5.74) is 8.56. The van der Waals surface area contributed by atoms with E-state index in [4.69, 9.17) is 10.5 Å². The highest BCUT2D eigenvalue weighted by Gasteiger charge is 2.21. The minimum absolute atomic E-state index is 0.151. The molecule has 1 aliphatic heterocycles. The number of thiophene rings is 1. The van der Waals surface area contributed by atoms with E-state index >= 15 is 0 Å². The molecule has 0 fully saturated rings. The average molecular weight is 344 g/mol. The van der Waals surface area contributed by atoms with Gasteiger partial charge in [0.25, 0.3) is 0 Å². The van der Waals surface area contributed by atoms with Gasteiger partial charge in [0.05, 0.1) is 25.2 Å². The van der Waals surface area contributed by atoms with E-state index in [1.165, 1.54) is 5.56 Å². The highest BCUT2D eigenvalue weighted by molar-refractivity contribution is 7.07. The van der Waals surface area contributed by atoms with Crippen molar-refractivity contribution in [1.82, 2.24) is 10.2 Å². The van der Waals surface area contributed by atoms with Crippen molar-refractivity contribution in [3.05, 3.63) is 52.2 Å². The van der Waals surface area contributed by atoms with Gasteiger partial charge in [-0.25, -0.2) is 0 Å². The lowest BCUT2D eigenvalue weighted by molar-refractivity contribution is 0.262. The average Bonchev–Trinajstić information content (AvgIpc) is 3.09. The first-order valence-corrected chi connectivity index (χ1v) is 9.06. The molecule has 1 aliphatic rings. The van der Waals surface area contributed by atoms with E-state index in [1.54, 1.807) is 11.3 Å². The van der Waals surface area contributed by atoms with Gasteiger partial charge in [-0.05, 0) is 42.6 Å². The lowest BCUT2D eigenvalue weighted by atomic mass is 10.0. The van der Waals surface area contributed by atoms with Crippen molar-refractivity contribution in [2.75, 3.05) is 27.2 Å². The quantitative estimate of drug-likeness (QED) is 0.647. The Morgan fingerprint density at radius 3 is 3.00 bits per heavy atom. The maximum atomic E-state index is 6.15. The summed E-state index contributed by atoms with van der Waals surface area (Å²) in [6.45, 7) is 1.32. The van der Waals surface area contributed by atoms with Gasteiger partial charge in [0.2, 0.25) is 0 Å². The predicted molar refractivity (Wildman–Crippen MR) is 99.7 cm³/mol. The number of ether oxygens (including phenoxy) is 1. The summed E-state index contributed by atoms with van der Waals surface area (Å²) in [6.07, 6.45) is 0.884. The molecule has 0 amide bonds.